The topological polar surface area (TPSA) is 55.4 Å². The first kappa shape index (κ1) is 13.6. The summed E-state index contributed by atoms with van der Waals surface area (Å²) < 4.78 is 32.3. The summed E-state index contributed by atoms with van der Waals surface area (Å²) in [5, 5.41) is -0.244. The molecular formula is C11H20ClNO3S. The van der Waals surface area contributed by atoms with Crippen molar-refractivity contribution < 1.29 is 13.2 Å². The van der Waals surface area contributed by atoms with E-state index in [4.69, 9.17) is 16.3 Å². The lowest BCUT2D eigenvalue weighted by atomic mass is 9.67. The van der Waals surface area contributed by atoms with Gasteiger partial charge in [0.15, 0.2) is 0 Å². The number of nitrogens with one attached hydrogen (secondary N) is 1. The molecule has 1 N–H and O–H groups in total. The van der Waals surface area contributed by atoms with E-state index in [1.807, 2.05) is 13.8 Å². The first-order chi connectivity index (χ1) is 7.84. The van der Waals surface area contributed by atoms with Crippen LogP contribution in [0.2, 0.25) is 0 Å². The highest BCUT2D eigenvalue weighted by Crippen LogP contribution is 2.44. The fraction of sp³-hybridized carbons (Fsp3) is 1.00. The molecule has 6 heteroatoms. The Labute approximate surface area is 108 Å². The Hall–Kier alpha value is 0.160. The van der Waals surface area contributed by atoms with Gasteiger partial charge in [-0.1, -0.05) is 13.8 Å². The summed E-state index contributed by atoms with van der Waals surface area (Å²) in [5.41, 5.74) is -0.153. The maximum Gasteiger partial charge on any atom is 0.214 e. The minimum atomic E-state index is -3.23. The van der Waals surface area contributed by atoms with Crippen LogP contribution in [-0.4, -0.2) is 38.3 Å². The van der Waals surface area contributed by atoms with Gasteiger partial charge in [-0.15, -0.1) is 11.6 Å². The Balaban J connectivity index is 1.98. The third-order valence-corrected chi connectivity index (χ3v) is 6.76. The fourth-order valence-electron chi connectivity index (χ4n) is 2.35. The lowest BCUT2D eigenvalue weighted by Crippen LogP contribution is -2.60. The first-order valence-electron chi connectivity index (χ1n) is 6.07. The minimum absolute atomic E-state index is 0.0298. The third kappa shape index (κ3) is 2.62. The zero-order chi connectivity index (χ0) is 12.7. The molecule has 0 amide bonds. The highest BCUT2D eigenvalue weighted by atomic mass is 35.5. The molecule has 0 aromatic carbocycles. The molecule has 1 saturated heterocycles. The summed E-state index contributed by atoms with van der Waals surface area (Å²) in [5.74, 6) is 0. The van der Waals surface area contributed by atoms with Gasteiger partial charge in [-0.2, -0.15) is 0 Å². The predicted octanol–water partition coefficient (Wildman–Crippen LogP) is 1.49. The van der Waals surface area contributed by atoms with E-state index >= 15 is 0 Å². The summed E-state index contributed by atoms with van der Waals surface area (Å²) in [6.07, 6.45) is 1.90. The third-order valence-electron chi connectivity index (χ3n) is 4.06. The van der Waals surface area contributed by atoms with Crippen LogP contribution in [0.4, 0.5) is 0 Å². The van der Waals surface area contributed by atoms with Gasteiger partial charge < -0.3 is 4.74 Å². The maximum absolute atomic E-state index is 12.2. The van der Waals surface area contributed by atoms with E-state index in [2.05, 4.69) is 4.72 Å². The van der Waals surface area contributed by atoms with Gasteiger partial charge in [-0.05, 0) is 24.7 Å². The Morgan fingerprint density at radius 3 is 2.35 bits per heavy atom. The molecule has 0 radical (unpaired) electrons. The first-order valence-corrected chi connectivity index (χ1v) is 8.05. The molecule has 0 aromatic rings. The molecule has 2 fully saturated rings. The van der Waals surface area contributed by atoms with Gasteiger partial charge in [0.2, 0.25) is 10.0 Å². The molecule has 0 spiro atoms. The van der Waals surface area contributed by atoms with Crippen LogP contribution in [0, 0.1) is 5.41 Å². The van der Waals surface area contributed by atoms with Crippen molar-refractivity contribution in [3.05, 3.63) is 0 Å². The van der Waals surface area contributed by atoms with E-state index < -0.39 is 10.0 Å². The van der Waals surface area contributed by atoms with Gasteiger partial charge in [-0.25, -0.2) is 13.1 Å². The van der Waals surface area contributed by atoms with Crippen LogP contribution >= 0.6 is 11.6 Å². The average Bonchev–Trinajstić information content (AvgIpc) is 2.30. The minimum Gasteiger partial charge on any atom is -0.381 e. The number of hydrogen-bond acceptors (Lipinski definition) is 3. The van der Waals surface area contributed by atoms with Gasteiger partial charge in [-0.3, -0.25) is 0 Å². The number of halogens is 1. The summed E-state index contributed by atoms with van der Waals surface area (Å²) in [7, 11) is -3.23. The summed E-state index contributed by atoms with van der Waals surface area (Å²) in [6.45, 7) is 5.09. The second kappa shape index (κ2) is 4.68. The molecule has 0 bridgehead atoms. The number of alkyl halides is 1. The number of hydrogen-bond donors (Lipinski definition) is 1. The molecule has 1 aliphatic carbocycles. The van der Waals surface area contributed by atoms with Gasteiger partial charge in [0.25, 0.3) is 0 Å². The largest absolute Gasteiger partial charge is 0.381 e. The maximum atomic E-state index is 12.2. The van der Waals surface area contributed by atoms with Crippen LogP contribution in [0.1, 0.15) is 33.1 Å². The van der Waals surface area contributed by atoms with E-state index in [-0.39, 0.29) is 22.1 Å². The smallest absolute Gasteiger partial charge is 0.214 e. The summed E-state index contributed by atoms with van der Waals surface area (Å²) in [6, 6.07) is -0.0298. The van der Waals surface area contributed by atoms with Gasteiger partial charge in [0.05, 0.1) is 5.25 Å². The lowest BCUT2D eigenvalue weighted by molar-refractivity contribution is 0.0967. The van der Waals surface area contributed by atoms with Crippen molar-refractivity contribution >= 4 is 21.6 Å². The van der Waals surface area contributed by atoms with Crippen LogP contribution in [0.15, 0.2) is 0 Å². The Bertz CT molecular complexity index is 376. The predicted molar refractivity (Wildman–Crippen MR) is 67.7 cm³/mol. The van der Waals surface area contributed by atoms with Crippen molar-refractivity contribution in [3.63, 3.8) is 0 Å². The van der Waals surface area contributed by atoms with Crippen molar-refractivity contribution in [2.45, 2.75) is 49.8 Å². The zero-order valence-corrected chi connectivity index (χ0v) is 11.9. The van der Waals surface area contributed by atoms with Gasteiger partial charge >= 0.3 is 0 Å². The van der Waals surface area contributed by atoms with E-state index in [9.17, 15) is 8.42 Å². The zero-order valence-electron chi connectivity index (χ0n) is 10.3. The Kier molecular flexibility index (Phi) is 3.74. The van der Waals surface area contributed by atoms with Crippen molar-refractivity contribution in [1.29, 1.82) is 0 Å². The Morgan fingerprint density at radius 1 is 1.29 bits per heavy atom. The SMILES string of the molecule is CC1(C)C(Cl)CC1NS(=O)(=O)C1CCOCC1. The molecule has 100 valence electrons. The highest BCUT2D eigenvalue weighted by molar-refractivity contribution is 7.90. The van der Waals surface area contributed by atoms with E-state index in [0.29, 0.717) is 26.1 Å². The Morgan fingerprint density at radius 2 is 1.88 bits per heavy atom. The van der Waals surface area contributed by atoms with Gasteiger partial charge in [0, 0.05) is 24.6 Å². The molecule has 4 nitrogen and oxygen atoms in total. The number of sulfonamides is 1. The molecule has 1 heterocycles. The second-order valence-electron chi connectivity index (χ2n) is 5.55. The molecular weight excluding hydrogens is 262 g/mol. The van der Waals surface area contributed by atoms with E-state index in [0.717, 1.165) is 6.42 Å². The molecule has 1 saturated carbocycles. The molecule has 1 aliphatic heterocycles. The highest BCUT2D eigenvalue weighted by Gasteiger charge is 2.49. The van der Waals surface area contributed by atoms with Crippen molar-refractivity contribution in [2.24, 2.45) is 5.41 Å². The van der Waals surface area contributed by atoms with E-state index in [1.54, 1.807) is 0 Å². The summed E-state index contributed by atoms with van der Waals surface area (Å²) in [4.78, 5) is 0. The monoisotopic (exact) mass is 281 g/mol. The van der Waals surface area contributed by atoms with E-state index in [1.165, 1.54) is 0 Å². The average molecular weight is 282 g/mol. The summed E-state index contributed by atoms with van der Waals surface area (Å²) >= 11 is 6.10. The standard InChI is InChI=1S/C11H20ClNO3S/c1-11(2)9(12)7-10(11)13-17(14,15)8-3-5-16-6-4-8/h8-10,13H,3-7H2,1-2H3. The van der Waals surface area contributed by atoms with Crippen molar-refractivity contribution in [1.82, 2.24) is 4.72 Å². The van der Waals surface area contributed by atoms with Crippen molar-refractivity contribution in [3.8, 4) is 0 Å². The van der Waals surface area contributed by atoms with Crippen LogP contribution < -0.4 is 4.72 Å². The molecule has 17 heavy (non-hydrogen) atoms. The normalized spacial score (nSPS) is 34.3. The van der Waals surface area contributed by atoms with Crippen LogP contribution in [-0.2, 0) is 14.8 Å². The van der Waals surface area contributed by atoms with Crippen LogP contribution in [0.25, 0.3) is 0 Å². The van der Waals surface area contributed by atoms with Gasteiger partial charge in [0.1, 0.15) is 0 Å². The van der Waals surface area contributed by atoms with Crippen molar-refractivity contribution in [2.75, 3.05) is 13.2 Å². The number of ether oxygens (including phenoxy) is 1. The molecule has 2 rings (SSSR count). The molecule has 2 unspecified atom stereocenters. The molecule has 2 atom stereocenters. The fourth-order valence-corrected chi connectivity index (χ4v) is 4.49. The van der Waals surface area contributed by atoms with Crippen LogP contribution in [0.3, 0.4) is 0 Å². The second-order valence-corrected chi connectivity index (χ2v) is 8.07. The lowest BCUT2D eigenvalue weighted by Gasteiger charge is -2.49. The molecule has 2 aliphatic rings. The quantitative estimate of drug-likeness (QED) is 0.798. The number of rotatable bonds is 3. The molecule has 0 aromatic heterocycles. The van der Waals surface area contributed by atoms with Crippen LogP contribution in [0.5, 0.6) is 0 Å².